The highest BCUT2D eigenvalue weighted by Crippen LogP contribution is 2.16. The molecule has 0 aliphatic rings. The summed E-state index contributed by atoms with van der Waals surface area (Å²) in [6.07, 6.45) is 6.36. The van der Waals surface area contributed by atoms with E-state index in [2.05, 4.69) is 0 Å². The number of hydrogen-bond acceptors (Lipinski definition) is 1. The molecule has 0 saturated carbocycles. The Kier molecular flexibility index (Phi) is 4.26. The van der Waals surface area contributed by atoms with E-state index < -0.39 is 0 Å². The highest BCUT2D eigenvalue weighted by atomic mass is 16.1. The maximum absolute atomic E-state index is 10.7. The van der Waals surface area contributed by atoms with Crippen molar-refractivity contribution in [2.45, 2.75) is 0 Å². The lowest BCUT2D eigenvalue weighted by molar-refractivity contribution is -0.104. The van der Waals surface area contributed by atoms with Crippen molar-refractivity contribution in [1.82, 2.24) is 0 Å². The van der Waals surface area contributed by atoms with Gasteiger partial charge in [-0.05, 0) is 22.8 Å². The molecule has 0 bridgehead atoms. The normalized spacial score (nSPS) is 11.7. The summed E-state index contributed by atoms with van der Waals surface area (Å²) in [4.78, 5) is 10.7. The molecular weight excluding hydrogens is 220 g/mol. The Morgan fingerprint density at radius 2 is 1.44 bits per heavy atom. The molecule has 2 aromatic rings. The predicted molar refractivity (Wildman–Crippen MR) is 76.0 cm³/mol. The van der Waals surface area contributed by atoms with Crippen LogP contribution in [0.5, 0.6) is 0 Å². The van der Waals surface area contributed by atoms with E-state index in [0.717, 1.165) is 23.0 Å². The molecule has 0 spiro atoms. The molecule has 18 heavy (non-hydrogen) atoms. The summed E-state index contributed by atoms with van der Waals surface area (Å²) < 4.78 is 0. The average Bonchev–Trinajstić information content (AvgIpc) is 2.45. The highest BCUT2D eigenvalue weighted by molar-refractivity contribution is 5.88. The molecular formula is C17H14O. The van der Waals surface area contributed by atoms with Crippen LogP contribution in [0.2, 0.25) is 0 Å². The first-order chi connectivity index (χ1) is 8.90. The van der Waals surface area contributed by atoms with Gasteiger partial charge in [-0.1, -0.05) is 72.8 Å². The van der Waals surface area contributed by atoms with Crippen molar-refractivity contribution in [3.63, 3.8) is 0 Å². The first-order valence-corrected chi connectivity index (χ1v) is 5.84. The molecule has 0 atom stereocenters. The van der Waals surface area contributed by atoms with Gasteiger partial charge in [0.25, 0.3) is 0 Å². The molecule has 0 aliphatic heterocycles. The van der Waals surface area contributed by atoms with E-state index in [9.17, 15) is 4.79 Å². The summed E-state index contributed by atoms with van der Waals surface area (Å²) in [6, 6.07) is 19.9. The first-order valence-electron chi connectivity index (χ1n) is 5.84. The van der Waals surface area contributed by atoms with E-state index in [-0.39, 0.29) is 0 Å². The standard InChI is InChI=1S/C17H14O/c18-14-13-17(16-9-5-2-6-10-16)12-11-15-7-3-1-4-8-15/h1-14H/b12-11+,17-13+. The van der Waals surface area contributed by atoms with Crippen molar-refractivity contribution < 1.29 is 4.79 Å². The van der Waals surface area contributed by atoms with Gasteiger partial charge in [-0.2, -0.15) is 0 Å². The Labute approximate surface area is 107 Å². The molecule has 1 heteroatoms. The molecule has 0 heterocycles. The lowest BCUT2D eigenvalue weighted by atomic mass is 10.0. The van der Waals surface area contributed by atoms with Crippen LogP contribution in [-0.4, -0.2) is 6.29 Å². The molecule has 2 aromatic carbocycles. The fourth-order valence-electron chi connectivity index (χ4n) is 1.70. The Hall–Kier alpha value is -2.41. The van der Waals surface area contributed by atoms with E-state index in [4.69, 9.17) is 0 Å². The molecule has 0 N–H and O–H groups in total. The van der Waals surface area contributed by atoms with Gasteiger partial charge < -0.3 is 0 Å². The minimum absolute atomic E-state index is 0.817. The van der Waals surface area contributed by atoms with E-state index in [1.807, 2.05) is 72.8 Å². The quantitative estimate of drug-likeness (QED) is 0.444. The van der Waals surface area contributed by atoms with Crippen molar-refractivity contribution in [2.24, 2.45) is 0 Å². The molecule has 1 nitrogen and oxygen atoms in total. The fraction of sp³-hybridized carbons (Fsp3) is 0. The van der Waals surface area contributed by atoms with Gasteiger partial charge in [0.05, 0.1) is 0 Å². The van der Waals surface area contributed by atoms with Crippen LogP contribution in [0.1, 0.15) is 11.1 Å². The Balaban J connectivity index is 2.26. The molecule has 88 valence electrons. The summed E-state index contributed by atoms with van der Waals surface area (Å²) in [5.41, 5.74) is 3.07. The van der Waals surface area contributed by atoms with Crippen molar-refractivity contribution in [1.29, 1.82) is 0 Å². The third-order valence-corrected chi connectivity index (χ3v) is 2.61. The zero-order valence-electron chi connectivity index (χ0n) is 9.99. The maximum Gasteiger partial charge on any atom is 0.143 e. The number of rotatable bonds is 4. The van der Waals surface area contributed by atoms with E-state index in [0.29, 0.717) is 0 Å². The number of benzene rings is 2. The second-order valence-corrected chi connectivity index (χ2v) is 3.87. The van der Waals surface area contributed by atoms with Crippen molar-refractivity contribution in [3.8, 4) is 0 Å². The Morgan fingerprint density at radius 1 is 0.833 bits per heavy atom. The fourth-order valence-corrected chi connectivity index (χ4v) is 1.70. The molecule has 0 amide bonds. The summed E-state index contributed by atoms with van der Waals surface area (Å²) in [5.74, 6) is 0. The number of aldehydes is 1. The van der Waals surface area contributed by atoms with Gasteiger partial charge in [-0.3, -0.25) is 4.79 Å². The van der Waals surface area contributed by atoms with Crippen LogP contribution in [0.15, 0.2) is 72.8 Å². The van der Waals surface area contributed by atoms with Gasteiger partial charge in [0, 0.05) is 0 Å². The van der Waals surface area contributed by atoms with Gasteiger partial charge >= 0.3 is 0 Å². The van der Waals surface area contributed by atoms with E-state index in [1.54, 1.807) is 6.08 Å². The number of carbonyl (C=O) groups is 1. The average molecular weight is 234 g/mol. The third-order valence-electron chi connectivity index (χ3n) is 2.61. The van der Waals surface area contributed by atoms with Crippen molar-refractivity contribution in [2.75, 3.05) is 0 Å². The highest BCUT2D eigenvalue weighted by Gasteiger charge is 1.95. The van der Waals surface area contributed by atoms with Crippen LogP contribution in [0.25, 0.3) is 11.6 Å². The number of hydrogen-bond donors (Lipinski definition) is 0. The predicted octanol–water partition coefficient (Wildman–Crippen LogP) is 3.98. The summed E-state index contributed by atoms with van der Waals surface area (Å²) >= 11 is 0. The minimum atomic E-state index is 0.817. The van der Waals surface area contributed by atoms with Crippen molar-refractivity contribution >= 4 is 17.9 Å². The molecule has 0 unspecified atom stereocenters. The number of carbonyl (C=O) groups excluding carboxylic acids is 1. The minimum Gasteiger partial charge on any atom is -0.299 e. The lowest BCUT2D eigenvalue weighted by Gasteiger charge is -2.00. The zero-order chi connectivity index (χ0) is 12.6. The van der Waals surface area contributed by atoms with Gasteiger partial charge in [0.1, 0.15) is 6.29 Å². The largest absolute Gasteiger partial charge is 0.299 e. The van der Waals surface area contributed by atoms with Crippen LogP contribution in [0.3, 0.4) is 0 Å². The second-order valence-electron chi connectivity index (χ2n) is 3.87. The summed E-state index contributed by atoms with van der Waals surface area (Å²) in [7, 11) is 0. The SMILES string of the molecule is O=C/C=C(\C=C\c1ccccc1)c1ccccc1. The zero-order valence-corrected chi connectivity index (χ0v) is 9.99. The van der Waals surface area contributed by atoms with Gasteiger partial charge in [0.15, 0.2) is 0 Å². The molecule has 0 aliphatic carbocycles. The molecule has 0 aromatic heterocycles. The Morgan fingerprint density at radius 3 is 2.06 bits per heavy atom. The first kappa shape index (κ1) is 12.1. The maximum atomic E-state index is 10.7. The number of allylic oxidation sites excluding steroid dienone is 3. The second kappa shape index (κ2) is 6.36. The molecule has 0 saturated heterocycles. The van der Waals surface area contributed by atoms with Crippen LogP contribution in [0.4, 0.5) is 0 Å². The Bertz CT molecular complexity index is 551. The third kappa shape index (κ3) is 3.29. The topological polar surface area (TPSA) is 17.1 Å². The molecule has 2 rings (SSSR count). The van der Waals surface area contributed by atoms with Gasteiger partial charge in [-0.25, -0.2) is 0 Å². The van der Waals surface area contributed by atoms with E-state index >= 15 is 0 Å². The summed E-state index contributed by atoms with van der Waals surface area (Å²) in [6.45, 7) is 0. The molecule has 0 radical (unpaired) electrons. The van der Waals surface area contributed by atoms with Crippen molar-refractivity contribution in [3.05, 3.63) is 83.9 Å². The van der Waals surface area contributed by atoms with Crippen LogP contribution in [0, 0.1) is 0 Å². The van der Waals surface area contributed by atoms with Crippen LogP contribution < -0.4 is 0 Å². The smallest absolute Gasteiger partial charge is 0.143 e. The molecule has 0 fully saturated rings. The summed E-state index contributed by atoms with van der Waals surface area (Å²) in [5, 5.41) is 0. The van der Waals surface area contributed by atoms with Crippen LogP contribution >= 0.6 is 0 Å². The van der Waals surface area contributed by atoms with Crippen LogP contribution in [-0.2, 0) is 4.79 Å². The van der Waals surface area contributed by atoms with E-state index in [1.165, 1.54) is 0 Å². The van der Waals surface area contributed by atoms with Gasteiger partial charge in [0.2, 0.25) is 0 Å². The lowest BCUT2D eigenvalue weighted by Crippen LogP contribution is -1.81. The van der Waals surface area contributed by atoms with Gasteiger partial charge in [-0.15, -0.1) is 0 Å². The monoisotopic (exact) mass is 234 g/mol.